The van der Waals surface area contributed by atoms with Gasteiger partial charge in [-0.15, -0.1) is 0 Å². The normalized spacial score (nSPS) is 10.2. The molecule has 1 heterocycles. The topological polar surface area (TPSA) is 68.1 Å². The van der Waals surface area contributed by atoms with E-state index in [9.17, 15) is 4.79 Å². The lowest BCUT2D eigenvalue weighted by Gasteiger charge is -2.05. The summed E-state index contributed by atoms with van der Waals surface area (Å²) >= 11 is 0. The largest absolute Gasteiger partial charge is 0.494 e. The maximum absolute atomic E-state index is 11.4. The summed E-state index contributed by atoms with van der Waals surface area (Å²) in [5.74, 6) is 0.814. The molecule has 0 bridgehead atoms. The van der Waals surface area contributed by atoms with Gasteiger partial charge >= 0.3 is 0 Å². The van der Waals surface area contributed by atoms with Crippen molar-refractivity contribution in [3.63, 3.8) is 0 Å². The molecule has 4 heteroatoms. The summed E-state index contributed by atoms with van der Waals surface area (Å²) in [6.07, 6.45) is 0. The van der Waals surface area contributed by atoms with Crippen LogP contribution < -0.4 is 16.0 Å². The predicted octanol–water partition coefficient (Wildman–Crippen LogP) is 2.02. The summed E-state index contributed by atoms with van der Waals surface area (Å²) in [6.45, 7) is 2.57. The maximum Gasteiger partial charge on any atom is 0.271 e. The Balaban J connectivity index is 2.33. The van der Waals surface area contributed by atoms with E-state index in [0.29, 0.717) is 6.61 Å². The number of nitrogens with one attached hydrogen (secondary N) is 1. The van der Waals surface area contributed by atoms with E-state index >= 15 is 0 Å². The van der Waals surface area contributed by atoms with Crippen LogP contribution in [0.4, 0.5) is 5.69 Å². The van der Waals surface area contributed by atoms with E-state index in [1.54, 1.807) is 12.1 Å². The number of hydrogen-bond donors (Lipinski definition) is 2. The van der Waals surface area contributed by atoms with E-state index in [2.05, 4.69) is 4.98 Å². The molecule has 0 aliphatic heterocycles. The fourth-order valence-corrected chi connectivity index (χ4v) is 1.55. The first-order valence-electron chi connectivity index (χ1n) is 5.42. The van der Waals surface area contributed by atoms with Crippen molar-refractivity contribution in [2.45, 2.75) is 6.92 Å². The molecule has 0 atom stereocenters. The molecule has 0 saturated heterocycles. The van der Waals surface area contributed by atoms with Gasteiger partial charge in [0.2, 0.25) is 0 Å². The highest BCUT2D eigenvalue weighted by Crippen LogP contribution is 2.20. The van der Waals surface area contributed by atoms with Crippen molar-refractivity contribution < 1.29 is 4.74 Å². The van der Waals surface area contributed by atoms with Crippen LogP contribution in [-0.4, -0.2) is 11.6 Å². The fourth-order valence-electron chi connectivity index (χ4n) is 1.55. The number of rotatable bonds is 3. The minimum Gasteiger partial charge on any atom is -0.494 e. The SMILES string of the molecule is CCOc1ccc(-c2ccc(N)c(=O)[nH]2)cc1. The predicted molar refractivity (Wildman–Crippen MR) is 68.1 cm³/mol. The van der Waals surface area contributed by atoms with Crippen LogP contribution in [0.25, 0.3) is 11.3 Å². The van der Waals surface area contributed by atoms with Crippen LogP contribution in [0.1, 0.15) is 6.92 Å². The second kappa shape index (κ2) is 4.74. The van der Waals surface area contributed by atoms with Gasteiger partial charge in [-0.2, -0.15) is 0 Å². The Morgan fingerprint density at radius 2 is 1.88 bits per heavy atom. The van der Waals surface area contributed by atoms with E-state index in [4.69, 9.17) is 10.5 Å². The number of H-pyrrole nitrogens is 1. The quantitative estimate of drug-likeness (QED) is 0.847. The van der Waals surface area contributed by atoms with E-state index in [1.165, 1.54) is 0 Å². The van der Waals surface area contributed by atoms with Gasteiger partial charge in [-0.3, -0.25) is 4.79 Å². The summed E-state index contributed by atoms with van der Waals surface area (Å²) in [5.41, 5.74) is 7.09. The van der Waals surface area contributed by atoms with Crippen LogP contribution >= 0.6 is 0 Å². The van der Waals surface area contributed by atoms with Crippen molar-refractivity contribution in [2.24, 2.45) is 0 Å². The Bertz CT molecular complexity index is 558. The fraction of sp³-hybridized carbons (Fsp3) is 0.154. The van der Waals surface area contributed by atoms with Gasteiger partial charge in [0.15, 0.2) is 0 Å². The number of ether oxygens (including phenoxy) is 1. The zero-order chi connectivity index (χ0) is 12.3. The Hall–Kier alpha value is -2.23. The monoisotopic (exact) mass is 230 g/mol. The number of hydrogen-bond acceptors (Lipinski definition) is 3. The molecule has 0 unspecified atom stereocenters. The van der Waals surface area contributed by atoms with Crippen LogP contribution in [0, 0.1) is 0 Å². The molecule has 2 aromatic rings. The van der Waals surface area contributed by atoms with Gasteiger partial charge in [0.1, 0.15) is 5.75 Å². The van der Waals surface area contributed by atoms with E-state index in [-0.39, 0.29) is 11.2 Å². The van der Waals surface area contributed by atoms with E-state index in [0.717, 1.165) is 17.0 Å². The first-order chi connectivity index (χ1) is 8.20. The zero-order valence-electron chi connectivity index (χ0n) is 9.57. The molecule has 3 N–H and O–H groups in total. The maximum atomic E-state index is 11.4. The van der Waals surface area contributed by atoms with E-state index < -0.39 is 0 Å². The molecule has 2 rings (SSSR count). The van der Waals surface area contributed by atoms with Crippen molar-refractivity contribution in [2.75, 3.05) is 12.3 Å². The molecule has 0 aliphatic rings. The third-order valence-corrected chi connectivity index (χ3v) is 2.42. The molecule has 0 spiro atoms. The Morgan fingerprint density at radius 3 is 2.47 bits per heavy atom. The minimum atomic E-state index is -0.267. The molecule has 17 heavy (non-hydrogen) atoms. The highest BCUT2D eigenvalue weighted by atomic mass is 16.5. The Morgan fingerprint density at radius 1 is 1.18 bits per heavy atom. The molecule has 88 valence electrons. The lowest BCUT2D eigenvalue weighted by molar-refractivity contribution is 0.340. The third-order valence-electron chi connectivity index (χ3n) is 2.42. The summed E-state index contributed by atoms with van der Waals surface area (Å²) in [5, 5.41) is 0. The van der Waals surface area contributed by atoms with Gasteiger partial charge < -0.3 is 15.5 Å². The standard InChI is InChI=1S/C13H14N2O2/c1-2-17-10-5-3-9(4-6-10)12-8-7-11(14)13(16)15-12/h3-8H,2,14H2,1H3,(H,15,16). The van der Waals surface area contributed by atoms with Crippen molar-refractivity contribution in [1.82, 2.24) is 4.98 Å². The number of nitrogen functional groups attached to an aromatic ring is 1. The molecule has 0 aliphatic carbocycles. The van der Waals surface area contributed by atoms with Crippen molar-refractivity contribution in [1.29, 1.82) is 0 Å². The van der Waals surface area contributed by atoms with Gasteiger partial charge in [-0.25, -0.2) is 0 Å². The number of anilines is 1. The van der Waals surface area contributed by atoms with Crippen LogP contribution in [0.5, 0.6) is 5.75 Å². The van der Waals surface area contributed by atoms with Crippen LogP contribution in [0.3, 0.4) is 0 Å². The third kappa shape index (κ3) is 2.47. The van der Waals surface area contributed by atoms with Gasteiger partial charge in [0, 0.05) is 5.69 Å². The molecular formula is C13H14N2O2. The molecule has 0 amide bonds. The van der Waals surface area contributed by atoms with E-state index in [1.807, 2.05) is 31.2 Å². The average Bonchev–Trinajstić information content (AvgIpc) is 2.34. The molecule has 0 saturated carbocycles. The summed E-state index contributed by atoms with van der Waals surface area (Å²) in [4.78, 5) is 14.1. The first-order valence-corrected chi connectivity index (χ1v) is 5.42. The smallest absolute Gasteiger partial charge is 0.271 e. The van der Waals surface area contributed by atoms with Crippen LogP contribution in [0.15, 0.2) is 41.2 Å². The highest BCUT2D eigenvalue weighted by Gasteiger charge is 2.01. The molecular weight excluding hydrogens is 216 g/mol. The first kappa shape index (κ1) is 11.3. The molecule has 4 nitrogen and oxygen atoms in total. The summed E-state index contributed by atoms with van der Waals surface area (Å²) in [7, 11) is 0. The Labute approximate surface area is 99.1 Å². The summed E-state index contributed by atoms with van der Waals surface area (Å²) < 4.78 is 5.35. The summed E-state index contributed by atoms with van der Waals surface area (Å²) in [6, 6.07) is 10.9. The Kier molecular flexibility index (Phi) is 3.14. The number of aromatic amines is 1. The second-order valence-electron chi connectivity index (χ2n) is 3.61. The second-order valence-corrected chi connectivity index (χ2v) is 3.61. The van der Waals surface area contributed by atoms with Crippen molar-refractivity contribution in [3.8, 4) is 17.0 Å². The molecule has 0 fully saturated rings. The number of benzene rings is 1. The van der Waals surface area contributed by atoms with Gasteiger partial charge in [0.25, 0.3) is 5.56 Å². The van der Waals surface area contributed by atoms with Crippen molar-refractivity contribution in [3.05, 3.63) is 46.8 Å². The lowest BCUT2D eigenvalue weighted by Crippen LogP contribution is -2.11. The van der Waals surface area contributed by atoms with Crippen molar-refractivity contribution >= 4 is 5.69 Å². The van der Waals surface area contributed by atoms with Gasteiger partial charge in [-0.05, 0) is 48.9 Å². The van der Waals surface area contributed by atoms with Gasteiger partial charge in [0.05, 0.1) is 12.3 Å². The number of pyridine rings is 1. The van der Waals surface area contributed by atoms with Crippen LogP contribution in [-0.2, 0) is 0 Å². The number of nitrogens with two attached hydrogens (primary N) is 1. The van der Waals surface area contributed by atoms with Crippen LogP contribution in [0.2, 0.25) is 0 Å². The molecule has 0 radical (unpaired) electrons. The van der Waals surface area contributed by atoms with Gasteiger partial charge in [-0.1, -0.05) is 0 Å². The molecule has 1 aromatic heterocycles. The zero-order valence-corrected chi connectivity index (χ0v) is 9.57. The number of aromatic nitrogens is 1. The highest BCUT2D eigenvalue weighted by molar-refractivity contribution is 5.61. The molecule has 1 aromatic carbocycles. The minimum absolute atomic E-state index is 0.222. The average molecular weight is 230 g/mol. The lowest BCUT2D eigenvalue weighted by atomic mass is 10.1.